The number of Topliss-reactive ketones (excluding diaryl/α,β-unsaturated/α-hetero) is 1. The summed E-state index contributed by atoms with van der Waals surface area (Å²) in [5.74, 6) is 5.04. The quantitative estimate of drug-likeness (QED) is 0.180. The van der Waals surface area contributed by atoms with Crippen LogP contribution >= 0.6 is 0 Å². The number of carbonyl (C=O) groups is 3. The number of esters is 1. The molecule has 8 aliphatic carbocycles. The summed E-state index contributed by atoms with van der Waals surface area (Å²) in [6, 6.07) is 0. The van der Waals surface area contributed by atoms with E-state index in [2.05, 4.69) is 65.6 Å². The van der Waals surface area contributed by atoms with E-state index in [-0.39, 0.29) is 62.5 Å². The molecule has 0 bridgehead atoms. The lowest BCUT2D eigenvalue weighted by Crippen LogP contribution is -2.67. The van der Waals surface area contributed by atoms with Crippen molar-refractivity contribution in [2.75, 3.05) is 0 Å². The van der Waals surface area contributed by atoms with Crippen LogP contribution in [0.15, 0.2) is 4.42 Å². The first-order valence-electron chi connectivity index (χ1n) is 23.2. The van der Waals surface area contributed by atoms with E-state index in [0.29, 0.717) is 71.9 Å². The smallest absolute Gasteiger partial charge is 0.310 e. The molecule has 8 fully saturated rings. The molecule has 0 aromatic carbocycles. The molecule has 1 aromatic rings. The average molecular weight is 787 g/mol. The minimum atomic E-state index is -0.407. The summed E-state index contributed by atoms with van der Waals surface area (Å²) in [7, 11) is 0. The molecule has 9 rings (SSSR count). The fourth-order valence-corrected chi connectivity index (χ4v) is 17.1. The normalized spacial score (nSPS) is 48.1. The van der Waals surface area contributed by atoms with Crippen molar-refractivity contribution in [3.05, 3.63) is 11.8 Å². The standard InChI is InChI=1S/C49H74N2O6/c1-28-50-51-40(56-28)32-24-29(42(32,2)3)25-36(53)49-19-14-30(45(8)20-21-45)39(49)31-12-13-35-46(9)17-16-37(57-41(54)33-26-38(55-27-52)43(33,4)5)44(6,7)34(46)15-18-48(35,11)47(31,10)22-23-49/h27,29-35,37-39H,12-26H2,1-11H3/t29-,30+,31+,32+,33+,34-,35+,37-,38+,39+,46-,47+,48+,49+/m0/s1. The van der Waals surface area contributed by atoms with Crippen molar-refractivity contribution in [1.29, 1.82) is 0 Å². The maximum atomic E-state index is 15.2. The van der Waals surface area contributed by atoms with E-state index in [1.807, 2.05) is 20.8 Å². The molecule has 0 radical (unpaired) electrons. The first kappa shape index (κ1) is 40.2. The number of ether oxygens (including phenoxy) is 2. The number of aromatic nitrogens is 2. The Kier molecular flexibility index (Phi) is 8.91. The summed E-state index contributed by atoms with van der Waals surface area (Å²) in [6.45, 7) is 26.4. The molecule has 0 unspecified atom stereocenters. The van der Waals surface area contributed by atoms with E-state index in [0.717, 1.165) is 38.0 Å². The van der Waals surface area contributed by atoms with Crippen molar-refractivity contribution >= 4 is 18.2 Å². The van der Waals surface area contributed by atoms with Gasteiger partial charge >= 0.3 is 5.97 Å². The second-order valence-electron chi connectivity index (χ2n) is 24.4. The maximum absolute atomic E-state index is 15.2. The Hall–Kier alpha value is -2.25. The Balaban J connectivity index is 0.951. The Bertz CT molecular complexity index is 1810. The Morgan fingerprint density at radius 1 is 0.719 bits per heavy atom. The molecule has 0 spiro atoms. The zero-order valence-electron chi connectivity index (χ0n) is 37.3. The van der Waals surface area contributed by atoms with Crippen LogP contribution in [0.2, 0.25) is 0 Å². The van der Waals surface area contributed by atoms with Crippen molar-refractivity contribution in [3.8, 4) is 0 Å². The van der Waals surface area contributed by atoms with Crippen LogP contribution in [-0.4, -0.2) is 40.6 Å². The Morgan fingerprint density at radius 3 is 2.09 bits per heavy atom. The number of ketones is 1. The van der Waals surface area contributed by atoms with Crippen LogP contribution in [-0.2, 0) is 23.9 Å². The molecular weight excluding hydrogens is 713 g/mol. The van der Waals surface area contributed by atoms with Gasteiger partial charge in [0.1, 0.15) is 18.0 Å². The summed E-state index contributed by atoms with van der Waals surface area (Å²) >= 11 is 0. The molecule has 57 heavy (non-hydrogen) atoms. The van der Waals surface area contributed by atoms with E-state index in [4.69, 9.17) is 13.9 Å². The highest BCUT2D eigenvalue weighted by Gasteiger charge is 2.74. The predicted molar refractivity (Wildman–Crippen MR) is 217 cm³/mol. The van der Waals surface area contributed by atoms with Gasteiger partial charge in [0.25, 0.3) is 6.47 Å². The van der Waals surface area contributed by atoms with Crippen molar-refractivity contribution in [2.45, 2.75) is 191 Å². The molecule has 8 aliphatic rings. The summed E-state index contributed by atoms with van der Waals surface area (Å²) in [6.07, 6.45) is 16.0. The zero-order valence-corrected chi connectivity index (χ0v) is 37.3. The van der Waals surface area contributed by atoms with E-state index >= 15 is 4.79 Å². The highest BCUT2D eigenvalue weighted by Crippen LogP contribution is 2.79. The third kappa shape index (κ3) is 5.37. The van der Waals surface area contributed by atoms with Gasteiger partial charge in [0, 0.05) is 35.5 Å². The fraction of sp³-hybridized carbons (Fsp3) is 0.898. The summed E-state index contributed by atoms with van der Waals surface area (Å²) in [4.78, 5) is 40.0. The van der Waals surface area contributed by atoms with Gasteiger partial charge in [-0.1, -0.05) is 69.2 Å². The molecule has 0 amide bonds. The lowest BCUT2D eigenvalue weighted by molar-refractivity contribution is -0.253. The number of rotatable bonds is 9. The monoisotopic (exact) mass is 787 g/mol. The number of hydrogen-bond donors (Lipinski definition) is 0. The van der Waals surface area contributed by atoms with Crippen LogP contribution in [0.1, 0.15) is 183 Å². The van der Waals surface area contributed by atoms with Crippen molar-refractivity contribution in [2.24, 2.45) is 84.7 Å². The van der Waals surface area contributed by atoms with E-state index in [1.165, 1.54) is 51.4 Å². The number of carbonyl (C=O) groups excluding carboxylic acids is 3. The molecular formula is C49H74N2O6. The maximum Gasteiger partial charge on any atom is 0.310 e. The molecule has 0 aliphatic heterocycles. The molecule has 1 heterocycles. The van der Waals surface area contributed by atoms with Crippen LogP contribution in [0.5, 0.6) is 0 Å². The Morgan fingerprint density at radius 2 is 1.46 bits per heavy atom. The molecule has 316 valence electrons. The third-order valence-corrected chi connectivity index (χ3v) is 21.5. The van der Waals surface area contributed by atoms with Crippen molar-refractivity contribution < 1.29 is 28.3 Å². The van der Waals surface area contributed by atoms with Gasteiger partial charge in [0.15, 0.2) is 0 Å². The highest BCUT2D eigenvalue weighted by atomic mass is 16.6. The zero-order chi connectivity index (χ0) is 40.9. The Labute approximate surface area is 342 Å². The largest absolute Gasteiger partial charge is 0.464 e. The van der Waals surface area contributed by atoms with Gasteiger partial charge in [-0.15, -0.1) is 10.2 Å². The molecule has 8 heteroatoms. The number of aryl methyl sites for hydroxylation is 1. The SMILES string of the molecule is Cc1nnc([C@H]2C[C@@H](CC(=O)[C@]34CC[C@@H](C5(C)CC5)[C@@H]3[C@H]3CC[C@@H]5[C@@]6(C)CC[C@H](OC(=O)[C@H]7C[C@@H](OC=O)C7(C)C)C(C)(C)[C@@H]6CC[C@@]5(C)[C@]3(C)CC4)C2(C)C)o1. The van der Waals surface area contributed by atoms with E-state index in [1.54, 1.807) is 0 Å². The number of hydrogen-bond acceptors (Lipinski definition) is 8. The fourth-order valence-electron chi connectivity index (χ4n) is 17.1. The average Bonchev–Trinajstić information content (AvgIpc) is 3.53. The first-order valence-corrected chi connectivity index (χ1v) is 23.2. The van der Waals surface area contributed by atoms with Gasteiger partial charge in [-0.05, 0) is 152 Å². The van der Waals surface area contributed by atoms with Gasteiger partial charge in [-0.2, -0.15) is 0 Å². The lowest BCUT2D eigenvalue weighted by Gasteiger charge is -2.73. The molecule has 8 saturated carbocycles. The summed E-state index contributed by atoms with van der Waals surface area (Å²) in [5.41, 5.74) is 0.251. The molecule has 0 saturated heterocycles. The van der Waals surface area contributed by atoms with Crippen LogP contribution in [0.3, 0.4) is 0 Å². The predicted octanol–water partition coefficient (Wildman–Crippen LogP) is 10.8. The highest BCUT2D eigenvalue weighted by molar-refractivity contribution is 5.86. The van der Waals surface area contributed by atoms with Crippen LogP contribution in [0.25, 0.3) is 0 Å². The van der Waals surface area contributed by atoms with Crippen LogP contribution in [0.4, 0.5) is 0 Å². The minimum Gasteiger partial charge on any atom is -0.464 e. The summed E-state index contributed by atoms with van der Waals surface area (Å²) in [5, 5.41) is 8.53. The number of fused-ring (bicyclic) bond motifs is 7. The van der Waals surface area contributed by atoms with Gasteiger partial charge in [0.2, 0.25) is 11.8 Å². The molecule has 14 atom stereocenters. The van der Waals surface area contributed by atoms with Gasteiger partial charge < -0.3 is 13.9 Å². The molecule has 1 aromatic heterocycles. The van der Waals surface area contributed by atoms with E-state index < -0.39 is 5.41 Å². The van der Waals surface area contributed by atoms with E-state index in [9.17, 15) is 9.59 Å². The van der Waals surface area contributed by atoms with Gasteiger partial charge in [-0.25, -0.2) is 0 Å². The number of nitrogens with zero attached hydrogens (tertiary/aromatic N) is 2. The minimum absolute atomic E-state index is 0.0297. The van der Waals surface area contributed by atoms with Crippen LogP contribution in [0, 0.1) is 91.7 Å². The molecule has 8 nitrogen and oxygen atoms in total. The second kappa shape index (κ2) is 12.6. The molecule has 0 N–H and O–H groups in total. The first-order chi connectivity index (χ1) is 26.6. The lowest BCUT2D eigenvalue weighted by atomic mass is 9.32. The topological polar surface area (TPSA) is 109 Å². The van der Waals surface area contributed by atoms with Crippen molar-refractivity contribution in [3.63, 3.8) is 0 Å². The second-order valence-corrected chi connectivity index (χ2v) is 24.4. The van der Waals surface area contributed by atoms with Crippen molar-refractivity contribution in [1.82, 2.24) is 10.2 Å². The summed E-state index contributed by atoms with van der Waals surface area (Å²) < 4.78 is 17.7. The van der Waals surface area contributed by atoms with Gasteiger partial charge in [-0.3, -0.25) is 14.4 Å². The van der Waals surface area contributed by atoms with Crippen LogP contribution < -0.4 is 0 Å². The van der Waals surface area contributed by atoms with Gasteiger partial charge in [0.05, 0.1) is 5.92 Å². The third-order valence-electron chi connectivity index (χ3n) is 21.5.